The minimum Gasteiger partial charge on any atom is -0.508 e. The van der Waals surface area contributed by atoms with Gasteiger partial charge in [0.1, 0.15) is 11.8 Å². The van der Waals surface area contributed by atoms with E-state index in [1.807, 2.05) is 72.8 Å². The highest BCUT2D eigenvalue weighted by molar-refractivity contribution is 6.16. The SMILES string of the molecule is C=C(O)/C(=C\C=CC1CC=C(C#N)C(n2c3ccc(C(C)(C)C)cc3c3cc(C(C)(C)C)ccc32)=C1n1c2ccc(C(C)(C)C)cc2c2cc(C(C)(C)C)ccc21)c1nc(-c2ccccc2)nc(-c2ccccc2)n1. The summed E-state index contributed by atoms with van der Waals surface area (Å²) in [5, 5.41) is 27.5. The quantitative estimate of drug-likeness (QED) is 0.121. The highest BCUT2D eigenvalue weighted by Gasteiger charge is 2.32. The van der Waals surface area contributed by atoms with Crippen molar-refractivity contribution in [2.24, 2.45) is 5.92 Å². The molecule has 0 saturated heterocycles. The van der Waals surface area contributed by atoms with Crippen molar-refractivity contribution in [1.82, 2.24) is 24.1 Å². The Morgan fingerprint density at radius 1 is 0.560 bits per heavy atom. The van der Waals surface area contributed by atoms with E-state index < -0.39 is 0 Å². The molecule has 0 amide bonds. The molecule has 75 heavy (non-hydrogen) atoms. The smallest absolute Gasteiger partial charge is 0.167 e. The van der Waals surface area contributed by atoms with Crippen LogP contribution in [0.1, 0.15) is 118 Å². The second kappa shape index (κ2) is 18.7. The topological polar surface area (TPSA) is 92.5 Å². The van der Waals surface area contributed by atoms with Gasteiger partial charge in [-0.1, -0.05) is 193 Å². The van der Waals surface area contributed by atoms with Gasteiger partial charge in [-0.15, -0.1) is 0 Å². The van der Waals surface area contributed by atoms with Crippen molar-refractivity contribution in [3.8, 4) is 28.8 Å². The molecule has 3 heterocycles. The van der Waals surface area contributed by atoms with E-state index >= 15 is 0 Å². The predicted octanol–water partition coefficient (Wildman–Crippen LogP) is 17.6. The standard InChI is InChI=1S/C68H68N6O/c1-42(75)51(64-71-62(44-21-16-14-17-22-44)70-63(72-64)45-23-18-15-19-24-45)26-20-25-43-27-28-46(41-69)61(74-58-35-31-49(67(8,9)10)39-54(58)55-40-50(68(11,12)13)32-36-59(55)74)60(43)73-56-33-29-47(65(2,3)4)37-52(56)53-38-48(66(5,6)7)30-34-57(53)73/h14-26,28-40,43,75H,1,27H2,2-13H3/b25-20?,51-26+. The fourth-order valence-electron chi connectivity index (χ4n) is 10.5. The van der Waals surface area contributed by atoms with Crippen LogP contribution in [-0.2, 0) is 21.7 Å². The Morgan fingerprint density at radius 2 is 0.947 bits per heavy atom. The summed E-state index contributed by atoms with van der Waals surface area (Å²) in [6.07, 6.45) is 8.67. The lowest BCUT2D eigenvalue weighted by atomic mass is 9.85. The summed E-state index contributed by atoms with van der Waals surface area (Å²) in [7, 11) is 0. The first-order valence-corrected chi connectivity index (χ1v) is 26.2. The van der Waals surface area contributed by atoms with Crippen LogP contribution >= 0.6 is 0 Å². The van der Waals surface area contributed by atoms with E-state index in [9.17, 15) is 10.4 Å². The van der Waals surface area contributed by atoms with E-state index in [1.54, 1.807) is 0 Å². The molecule has 0 aliphatic heterocycles. The zero-order valence-electron chi connectivity index (χ0n) is 45.6. The fraction of sp³-hybridized carbons (Fsp3) is 0.265. The lowest BCUT2D eigenvalue weighted by molar-refractivity contribution is 0.440. The first-order chi connectivity index (χ1) is 35.5. The number of hydrogen-bond acceptors (Lipinski definition) is 5. The third-order valence-electron chi connectivity index (χ3n) is 14.9. The van der Waals surface area contributed by atoms with E-state index in [2.05, 4.69) is 190 Å². The van der Waals surface area contributed by atoms with Gasteiger partial charge in [-0.2, -0.15) is 5.26 Å². The third kappa shape index (κ3) is 9.44. The normalized spacial score (nSPS) is 15.2. The third-order valence-corrected chi connectivity index (χ3v) is 14.9. The summed E-state index contributed by atoms with van der Waals surface area (Å²) >= 11 is 0. The van der Waals surface area contributed by atoms with Crippen LogP contribution in [0.25, 0.3) is 83.4 Å². The summed E-state index contributed by atoms with van der Waals surface area (Å²) in [6, 6.07) is 49.9. The van der Waals surface area contributed by atoms with Gasteiger partial charge in [0.05, 0.1) is 44.6 Å². The van der Waals surface area contributed by atoms with Crippen LogP contribution in [0.15, 0.2) is 176 Å². The average Bonchev–Trinajstić information content (AvgIpc) is 3.92. The molecule has 1 unspecified atom stereocenters. The van der Waals surface area contributed by atoms with Gasteiger partial charge in [0.25, 0.3) is 0 Å². The molecule has 0 saturated carbocycles. The number of aliphatic hydroxyl groups excluding tert-OH is 1. The molecule has 3 aromatic heterocycles. The minimum absolute atomic E-state index is 0.0896. The van der Waals surface area contributed by atoms with Crippen LogP contribution in [0.2, 0.25) is 0 Å². The molecule has 0 spiro atoms. The van der Waals surface area contributed by atoms with Crippen molar-refractivity contribution in [2.75, 3.05) is 0 Å². The summed E-state index contributed by atoms with van der Waals surface area (Å²) in [6.45, 7) is 31.2. The van der Waals surface area contributed by atoms with Crippen molar-refractivity contribution in [2.45, 2.75) is 111 Å². The number of benzene rings is 6. The highest BCUT2D eigenvalue weighted by atomic mass is 16.3. The van der Waals surface area contributed by atoms with Crippen LogP contribution in [-0.4, -0.2) is 29.2 Å². The first-order valence-electron chi connectivity index (χ1n) is 26.2. The van der Waals surface area contributed by atoms with Crippen molar-refractivity contribution < 1.29 is 5.11 Å². The van der Waals surface area contributed by atoms with Gasteiger partial charge >= 0.3 is 0 Å². The Bertz CT molecular complexity index is 3720. The molecule has 6 aromatic carbocycles. The van der Waals surface area contributed by atoms with Crippen LogP contribution < -0.4 is 0 Å². The Balaban J connectivity index is 1.29. The maximum Gasteiger partial charge on any atom is 0.167 e. The number of allylic oxidation sites excluding steroid dienone is 8. The van der Waals surface area contributed by atoms with Gasteiger partial charge in [-0.3, -0.25) is 0 Å². The zero-order valence-corrected chi connectivity index (χ0v) is 45.6. The summed E-state index contributed by atoms with van der Waals surface area (Å²) in [5.41, 5.74) is 13.2. The van der Waals surface area contributed by atoms with Crippen molar-refractivity contribution in [3.05, 3.63) is 204 Å². The molecule has 1 N–H and O–H groups in total. The fourth-order valence-corrected chi connectivity index (χ4v) is 10.5. The van der Waals surface area contributed by atoms with E-state index in [0.717, 1.165) is 66.1 Å². The second-order valence-electron chi connectivity index (χ2n) is 24.4. The zero-order chi connectivity index (χ0) is 53.4. The Labute approximate surface area is 442 Å². The molecule has 0 radical (unpaired) electrons. The van der Waals surface area contributed by atoms with Crippen LogP contribution in [0.3, 0.4) is 0 Å². The predicted molar refractivity (Wildman–Crippen MR) is 314 cm³/mol. The number of rotatable bonds is 8. The lowest BCUT2D eigenvalue weighted by Crippen LogP contribution is -2.18. The Morgan fingerprint density at radius 3 is 1.31 bits per heavy atom. The largest absolute Gasteiger partial charge is 0.508 e. The Hall–Kier alpha value is -8.08. The number of nitriles is 1. The van der Waals surface area contributed by atoms with E-state index in [-0.39, 0.29) is 33.3 Å². The minimum atomic E-state index is -0.266. The van der Waals surface area contributed by atoms with Gasteiger partial charge in [-0.25, -0.2) is 15.0 Å². The average molecular weight is 985 g/mol. The number of fused-ring (bicyclic) bond motifs is 6. The number of nitrogens with zero attached hydrogens (tertiary/aromatic N) is 6. The Kier molecular flexibility index (Phi) is 12.6. The molecule has 9 aromatic rings. The number of hydrogen-bond donors (Lipinski definition) is 1. The van der Waals surface area contributed by atoms with Gasteiger partial charge in [0.15, 0.2) is 17.5 Å². The van der Waals surface area contributed by atoms with Gasteiger partial charge in [0, 0.05) is 38.6 Å². The van der Waals surface area contributed by atoms with E-state index in [1.165, 1.54) is 22.3 Å². The van der Waals surface area contributed by atoms with Gasteiger partial charge < -0.3 is 14.2 Å². The molecule has 1 atom stereocenters. The molecule has 7 heteroatoms. The van der Waals surface area contributed by atoms with Crippen LogP contribution in [0.4, 0.5) is 0 Å². The van der Waals surface area contributed by atoms with Crippen LogP contribution in [0.5, 0.6) is 0 Å². The summed E-state index contributed by atoms with van der Waals surface area (Å²) in [5.74, 6) is 0.832. The molecule has 376 valence electrons. The van der Waals surface area contributed by atoms with Crippen molar-refractivity contribution in [1.29, 1.82) is 5.26 Å². The summed E-state index contributed by atoms with van der Waals surface area (Å²) < 4.78 is 4.79. The number of aromatic nitrogens is 5. The molecule has 1 aliphatic carbocycles. The van der Waals surface area contributed by atoms with Crippen LogP contribution in [0, 0.1) is 17.2 Å². The molecule has 7 nitrogen and oxygen atoms in total. The molecule has 0 fully saturated rings. The van der Waals surface area contributed by atoms with Gasteiger partial charge in [-0.05, 0) is 105 Å². The van der Waals surface area contributed by atoms with E-state index in [4.69, 9.17) is 15.0 Å². The molecular formula is C68H68N6O. The van der Waals surface area contributed by atoms with Gasteiger partial charge in [0.2, 0.25) is 0 Å². The highest BCUT2D eigenvalue weighted by Crippen LogP contribution is 2.47. The molecular weight excluding hydrogens is 917 g/mol. The van der Waals surface area contributed by atoms with Crippen molar-refractivity contribution in [3.63, 3.8) is 0 Å². The first kappa shape index (κ1) is 50.5. The lowest BCUT2D eigenvalue weighted by Gasteiger charge is -2.29. The van der Waals surface area contributed by atoms with Crippen molar-refractivity contribution >= 4 is 60.6 Å². The molecule has 0 bridgehead atoms. The monoisotopic (exact) mass is 985 g/mol. The number of aliphatic hydroxyl groups is 1. The maximum absolute atomic E-state index is 11.5. The van der Waals surface area contributed by atoms with E-state index in [0.29, 0.717) is 35.0 Å². The second-order valence-corrected chi connectivity index (χ2v) is 24.4. The molecule has 10 rings (SSSR count). The maximum atomic E-state index is 11.5. The molecule has 1 aliphatic rings. The summed E-state index contributed by atoms with van der Waals surface area (Å²) in [4.78, 5) is 14.8.